The Morgan fingerprint density at radius 3 is 1.40 bits per heavy atom. The molecule has 0 radical (unpaired) electrons. The quantitative estimate of drug-likeness (QED) is 0.107. The van der Waals surface area contributed by atoms with E-state index in [0.717, 1.165) is 11.4 Å². The van der Waals surface area contributed by atoms with E-state index < -0.39 is 8.07 Å². The molecule has 296 valence electrons. The van der Waals surface area contributed by atoms with Crippen molar-refractivity contribution in [2.75, 3.05) is 0 Å². The lowest BCUT2D eigenvalue weighted by Gasteiger charge is -2.35. The fourth-order valence-corrected chi connectivity index (χ4v) is 15.5. The monoisotopic (exact) mass is 818 g/mol. The maximum atomic E-state index is 2.51. The molecule has 3 heteroatoms. The average molecular weight is 819 g/mol. The Morgan fingerprint density at radius 1 is 0.302 bits per heavy atom. The second kappa shape index (κ2) is 15.2. The van der Waals surface area contributed by atoms with E-state index in [1.165, 1.54) is 86.6 Å². The molecule has 0 unspecified atom stereocenters. The first-order valence-corrected chi connectivity index (χ1v) is 23.8. The van der Waals surface area contributed by atoms with Gasteiger partial charge in [0.15, 0.2) is 8.07 Å². The van der Waals surface area contributed by atoms with Gasteiger partial charge in [-0.3, -0.25) is 0 Å². The molecule has 0 aliphatic carbocycles. The molecule has 0 spiro atoms. The van der Waals surface area contributed by atoms with Crippen molar-refractivity contribution in [2.45, 2.75) is 0 Å². The van der Waals surface area contributed by atoms with Gasteiger partial charge in [-0.1, -0.05) is 212 Å². The number of hydrogen-bond acceptors (Lipinski definition) is 0. The van der Waals surface area contributed by atoms with Gasteiger partial charge in [0, 0.05) is 32.8 Å². The second-order valence-electron chi connectivity index (χ2n) is 16.4. The summed E-state index contributed by atoms with van der Waals surface area (Å²) >= 11 is 0. The van der Waals surface area contributed by atoms with E-state index in [4.69, 9.17) is 0 Å². The molecule has 0 saturated heterocycles. The van der Waals surface area contributed by atoms with E-state index in [0.29, 0.717) is 0 Å². The lowest BCUT2D eigenvalue weighted by molar-refractivity contribution is 1.17. The standard InChI is InChI=1S/C60H42N2Si/c1-6-22-43(23-7-1)49-34-20-37-56(59(49)44-24-8-2-9-25-44)62-53-35-18-16-32-50(53)52-42-45(40-41-55(52)62)61-54-36-19-17-33-51(54)60-57(61)38-21-39-58(60)63(46-26-10-3-11-27-46,47-28-12-4-13-29-47)48-30-14-5-15-31-48/h1-42H. The topological polar surface area (TPSA) is 9.86 Å². The number of para-hydroxylation sites is 2. The molecule has 2 nitrogen and oxygen atoms in total. The van der Waals surface area contributed by atoms with Crippen LogP contribution >= 0.6 is 0 Å². The van der Waals surface area contributed by atoms with Crippen LogP contribution in [0.25, 0.3) is 77.2 Å². The van der Waals surface area contributed by atoms with Crippen LogP contribution in [0, 0.1) is 0 Å². The third-order valence-electron chi connectivity index (χ3n) is 13.1. The van der Waals surface area contributed by atoms with Crippen molar-refractivity contribution in [1.29, 1.82) is 0 Å². The van der Waals surface area contributed by atoms with E-state index in [2.05, 4.69) is 264 Å². The molecule has 10 aromatic carbocycles. The van der Waals surface area contributed by atoms with E-state index >= 15 is 0 Å². The summed E-state index contributed by atoms with van der Waals surface area (Å²) < 4.78 is 4.98. The second-order valence-corrected chi connectivity index (χ2v) is 20.2. The third kappa shape index (κ3) is 5.78. The molecule has 2 heterocycles. The molecule has 0 saturated carbocycles. The van der Waals surface area contributed by atoms with Crippen molar-refractivity contribution >= 4 is 72.4 Å². The van der Waals surface area contributed by atoms with Crippen LogP contribution in [0.2, 0.25) is 0 Å². The molecule has 0 atom stereocenters. The van der Waals surface area contributed by atoms with Gasteiger partial charge in [0.25, 0.3) is 0 Å². The highest BCUT2D eigenvalue weighted by molar-refractivity contribution is 7.20. The summed E-state index contributed by atoms with van der Waals surface area (Å²) in [6.45, 7) is 0. The lowest BCUT2D eigenvalue weighted by atomic mass is 9.93. The van der Waals surface area contributed by atoms with E-state index in [1.807, 2.05) is 0 Å². The van der Waals surface area contributed by atoms with Crippen molar-refractivity contribution in [1.82, 2.24) is 9.13 Å². The lowest BCUT2D eigenvalue weighted by Crippen LogP contribution is -2.74. The van der Waals surface area contributed by atoms with E-state index in [1.54, 1.807) is 0 Å². The Hall–Kier alpha value is -7.98. The summed E-state index contributed by atoms with van der Waals surface area (Å²) in [6.07, 6.45) is 0. The zero-order valence-corrected chi connectivity index (χ0v) is 35.6. The first-order valence-electron chi connectivity index (χ1n) is 21.8. The average Bonchev–Trinajstić information content (AvgIpc) is 3.88. The molecule has 0 N–H and O–H groups in total. The minimum Gasteiger partial charge on any atom is -0.309 e. The molecule has 0 amide bonds. The van der Waals surface area contributed by atoms with Crippen molar-refractivity contribution < 1.29 is 0 Å². The van der Waals surface area contributed by atoms with Crippen molar-refractivity contribution in [3.8, 4) is 33.6 Å². The number of nitrogens with zero attached hydrogens (tertiary/aromatic N) is 2. The van der Waals surface area contributed by atoms with Crippen LogP contribution in [-0.4, -0.2) is 17.2 Å². The summed E-state index contributed by atoms with van der Waals surface area (Å²) in [5.74, 6) is 0. The summed E-state index contributed by atoms with van der Waals surface area (Å²) in [7, 11) is -2.86. The van der Waals surface area contributed by atoms with Crippen LogP contribution in [0.1, 0.15) is 0 Å². The minimum atomic E-state index is -2.86. The van der Waals surface area contributed by atoms with Crippen molar-refractivity contribution in [3.05, 3.63) is 255 Å². The van der Waals surface area contributed by atoms with Gasteiger partial charge in [-0.05, 0) is 79.9 Å². The van der Waals surface area contributed by atoms with Crippen molar-refractivity contribution in [2.24, 2.45) is 0 Å². The molecule has 12 rings (SSSR count). The third-order valence-corrected chi connectivity index (χ3v) is 17.9. The SMILES string of the molecule is c1ccc(-c2cccc(-n3c4ccccc4c4cc(-n5c6ccccc6c6c([Si](c7ccccc7)(c7ccccc7)c7ccccc7)cccc65)ccc43)c2-c2ccccc2)cc1. The van der Waals surface area contributed by atoms with E-state index in [-0.39, 0.29) is 0 Å². The first kappa shape index (κ1) is 36.8. The van der Waals surface area contributed by atoms with Gasteiger partial charge in [0.2, 0.25) is 0 Å². The molecule has 12 aromatic rings. The highest BCUT2D eigenvalue weighted by Crippen LogP contribution is 2.42. The largest absolute Gasteiger partial charge is 0.309 e. The van der Waals surface area contributed by atoms with Gasteiger partial charge in [0.05, 0.1) is 27.8 Å². The number of benzene rings is 10. The van der Waals surface area contributed by atoms with Crippen LogP contribution in [0.15, 0.2) is 255 Å². The maximum Gasteiger partial charge on any atom is 0.180 e. The molecule has 0 bridgehead atoms. The molecular formula is C60H42N2Si. The smallest absolute Gasteiger partial charge is 0.180 e. The molecule has 2 aromatic heterocycles. The molecule has 0 aliphatic rings. The zero-order valence-electron chi connectivity index (χ0n) is 34.6. The Kier molecular flexibility index (Phi) is 8.87. The summed E-state index contributed by atoms with van der Waals surface area (Å²) in [4.78, 5) is 0. The molecule has 0 fully saturated rings. The predicted octanol–water partition coefficient (Wildman–Crippen LogP) is 12.6. The first-order chi connectivity index (χ1) is 31.3. The Labute approximate surface area is 368 Å². The predicted molar refractivity (Wildman–Crippen MR) is 270 cm³/mol. The molecule has 63 heavy (non-hydrogen) atoms. The van der Waals surface area contributed by atoms with Crippen LogP contribution in [-0.2, 0) is 0 Å². The zero-order chi connectivity index (χ0) is 41.7. The van der Waals surface area contributed by atoms with Gasteiger partial charge in [-0.2, -0.15) is 0 Å². The van der Waals surface area contributed by atoms with Crippen molar-refractivity contribution in [3.63, 3.8) is 0 Å². The summed E-state index contributed by atoms with van der Waals surface area (Å²) in [5, 5.41) is 10.5. The number of aromatic nitrogens is 2. The summed E-state index contributed by atoms with van der Waals surface area (Å²) in [5.41, 5.74) is 11.9. The Morgan fingerprint density at radius 2 is 0.778 bits per heavy atom. The van der Waals surface area contributed by atoms with Gasteiger partial charge in [0.1, 0.15) is 0 Å². The highest BCUT2D eigenvalue weighted by atomic mass is 28.3. The molecular weight excluding hydrogens is 777 g/mol. The number of fused-ring (bicyclic) bond motifs is 6. The highest BCUT2D eigenvalue weighted by Gasteiger charge is 2.43. The summed E-state index contributed by atoms with van der Waals surface area (Å²) in [6, 6.07) is 94.2. The van der Waals surface area contributed by atoms with Gasteiger partial charge < -0.3 is 9.13 Å². The minimum absolute atomic E-state index is 1.14. The van der Waals surface area contributed by atoms with Gasteiger partial charge in [-0.25, -0.2) is 0 Å². The number of rotatable bonds is 8. The Bertz CT molecular complexity index is 3500. The normalized spacial score (nSPS) is 11.8. The van der Waals surface area contributed by atoms with E-state index in [9.17, 15) is 0 Å². The van der Waals surface area contributed by atoms with Crippen LogP contribution < -0.4 is 20.7 Å². The van der Waals surface area contributed by atoms with Crippen LogP contribution in [0.5, 0.6) is 0 Å². The van der Waals surface area contributed by atoms with Gasteiger partial charge >= 0.3 is 0 Å². The molecule has 0 aliphatic heterocycles. The van der Waals surface area contributed by atoms with Crippen LogP contribution in [0.4, 0.5) is 0 Å². The van der Waals surface area contributed by atoms with Gasteiger partial charge in [-0.15, -0.1) is 0 Å². The van der Waals surface area contributed by atoms with Crippen LogP contribution in [0.3, 0.4) is 0 Å². The maximum absolute atomic E-state index is 2.86. The number of hydrogen-bond donors (Lipinski definition) is 0. The fourth-order valence-electron chi connectivity index (χ4n) is 10.5. The Balaban J connectivity index is 1.14. The fraction of sp³-hybridized carbons (Fsp3) is 0.